The molecule has 0 aliphatic heterocycles. The van der Waals surface area contributed by atoms with Crippen molar-refractivity contribution in [2.45, 2.75) is 34.2 Å². The normalized spacial score (nSPS) is 11.2. The number of nitrogens with zero attached hydrogens (tertiary/aromatic N) is 2. The van der Waals surface area contributed by atoms with Crippen LogP contribution in [0.15, 0.2) is 36.4 Å². The number of hydrogen-bond acceptors (Lipinski definition) is 1. The Balaban J connectivity index is 2.12. The van der Waals surface area contributed by atoms with Gasteiger partial charge in [0.25, 0.3) is 0 Å². The molecule has 0 saturated carbocycles. The van der Waals surface area contributed by atoms with E-state index in [1.807, 2.05) is 6.07 Å². The smallest absolute Gasteiger partial charge is 0.107 e. The van der Waals surface area contributed by atoms with E-state index in [0.29, 0.717) is 0 Å². The van der Waals surface area contributed by atoms with Crippen LogP contribution in [0.25, 0.3) is 11.0 Å². The zero-order chi connectivity index (χ0) is 14.3. The van der Waals surface area contributed by atoms with Gasteiger partial charge in [0.1, 0.15) is 5.82 Å². The molecular formula is C18H20N2. The van der Waals surface area contributed by atoms with Crippen LogP contribution in [0.3, 0.4) is 0 Å². The predicted octanol–water partition coefficient (Wildman–Crippen LogP) is 4.32. The van der Waals surface area contributed by atoms with E-state index < -0.39 is 0 Å². The molecule has 0 N–H and O–H groups in total. The fourth-order valence-corrected chi connectivity index (χ4v) is 3.01. The summed E-state index contributed by atoms with van der Waals surface area (Å²) >= 11 is 0. The van der Waals surface area contributed by atoms with Crippen molar-refractivity contribution in [1.82, 2.24) is 9.55 Å². The summed E-state index contributed by atoms with van der Waals surface area (Å²) in [6, 6.07) is 12.9. The third-order valence-corrected chi connectivity index (χ3v) is 4.00. The van der Waals surface area contributed by atoms with Gasteiger partial charge in [-0.2, -0.15) is 0 Å². The summed E-state index contributed by atoms with van der Waals surface area (Å²) in [5.74, 6) is 1.07. The molecule has 0 radical (unpaired) electrons. The lowest BCUT2D eigenvalue weighted by molar-refractivity contribution is 0.776. The fourth-order valence-electron chi connectivity index (χ4n) is 3.01. The number of para-hydroxylation sites is 2. The van der Waals surface area contributed by atoms with Crippen molar-refractivity contribution >= 4 is 11.0 Å². The van der Waals surface area contributed by atoms with Crippen LogP contribution in [-0.4, -0.2) is 9.55 Å². The molecule has 3 rings (SSSR count). The molecule has 2 aromatic carbocycles. The van der Waals surface area contributed by atoms with Crippen LogP contribution in [-0.2, 0) is 6.54 Å². The summed E-state index contributed by atoms with van der Waals surface area (Å²) in [5.41, 5.74) is 7.74. The Hall–Kier alpha value is -2.09. The Morgan fingerprint density at radius 2 is 1.60 bits per heavy atom. The van der Waals surface area contributed by atoms with Gasteiger partial charge in [0.15, 0.2) is 0 Å². The van der Waals surface area contributed by atoms with Crippen molar-refractivity contribution < 1.29 is 0 Å². The molecule has 3 aromatic rings. The van der Waals surface area contributed by atoms with E-state index in [2.05, 4.69) is 67.6 Å². The monoisotopic (exact) mass is 264 g/mol. The van der Waals surface area contributed by atoms with E-state index in [-0.39, 0.29) is 0 Å². The van der Waals surface area contributed by atoms with Crippen LogP contribution in [0.5, 0.6) is 0 Å². The van der Waals surface area contributed by atoms with Gasteiger partial charge in [-0.3, -0.25) is 0 Å². The molecule has 0 unspecified atom stereocenters. The van der Waals surface area contributed by atoms with Gasteiger partial charge in [0.2, 0.25) is 0 Å². The summed E-state index contributed by atoms with van der Waals surface area (Å²) in [6.07, 6.45) is 0. The highest BCUT2D eigenvalue weighted by molar-refractivity contribution is 5.76. The first-order valence-corrected chi connectivity index (χ1v) is 7.05. The summed E-state index contributed by atoms with van der Waals surface area (Å²) in [5, 5.41) is 0. The molecule has 0 saturated heterocycles. The Morgan fingerprint density at radius 3 is 2.30 bits per heavy atom. The van der Waals surface area contributed by atoms with Gasteiger partial charge in [-0.25, -0.2) is 4.98 Å². The molecule has 0 aliphatic rings. The van der Waals surface area contributed by atoms with Gasteiger partial charge in [-0.1, -0.05) is 29.8 Å². The second-order valence-electron chi connectivity index (χ2n) is 5.61. The highest BCUT2D eigenvalue weighted by Crippen LogP contribution is 2.22. The third kappa shape index (κ3) is 2.11. The van der Waals surface area contributed by atoms with E-state index in [1.165, 1.54) is 27.8 Å². The summed E-state index contributed by atoms with van der Waals surface area (Å²) < 4.78 is 2.31. The predicted molar refractivity (Wildman–Crippen MR) is 84.2 cm³/mol. The standard InChI is InChI=1S/C18H20N2/c1-12-9-13(2)16(14(3)10-12)11-20-15(4)19-17-7-5-6-8-18(17)20/h5-10H,11H2,1-4H3. The first-order chi connectivity index (χ1) is 9.56. The summed E-state index contributed by atoms with van der Waals surface area (Å²) in [6.45, 7) is 9.53. The van der Waals surface area contributed by atoms with Crippen LogP contribution in [0.4, 0.5) is 0 Å². The number of hydrogen-bond donors (Lipinski definition) is 0. The second-order valence-corrected chi connectivity index (χ2v) is 5.61. The van der Waals surface area contributed by atoms with Crippen molar-refractivity contribution in [2.75, 3.05) is 0 Å². The topological polar surface area (TPSA) is 17.8 Å². The molecule has 0 amide bonds. The Morgan fingerprint density at radius 1 is 0.950 bits per heavy atom. The third-order valence-electron chi connectivity index (χ3n) is 4.00. The average molecular weight is 264 g/mol. The fraction of sp³-hybridized carbons (Fsp3) is 0.278. The minimum absolute atomic E-state index is 0.893. The van der Waals surface area contributed by atoms with Gasteiger partial charge >= 0.3 is 0 Å². The second kappa shape index (κ2) is 4.78. The molecule has 1 aromatic heterocycles. The number of aryl methyl sites for hydroxylation is 4. The van der Waals surface area contributed by atoms with Gasteiger partial charge in [-0.15, -0.1) is 0 Å². The largest absolute Gasteiger partial charge is 0.324 e. The molecule has 2 heteroatoms. The summed E-state index contributed by atoms with van der Waals surface area (Å²) in [7, 11) is 0. The van der Waals surface area contributed by atoms with Crippen LogP contribution >= 0.6 is 0 Å². The van der Waals surface area contributed by atoms with Gasteiger partial charge in [-0.05, 0) is 56.5 Å². The Kier molecular flexibility index (Phi) is 3.09. The molecule has 0 fully saturated rings. The highest BCUT2D eigenvalue weighted by atomic mass is 15.1. The van der Waals surface area contributed by atoms with Crippen LogP contribution < -0.4 is 0 Å². The van der Waals surface area contributed by atoms with E-state index in [1.54, 1.807) is 0 Å². The van der Waals surface area contributed by atoms with Crippen LogP contribution in [0.1, 0.15) is 28.1 Å². The summed E-state index contributed by atoms with van der Waals surface area (Å²) in [4.78, 5) is 4.65. The van der Waals surface area contributed by atoms with E-state index >= 15 is 0 Å². The SMILES string of the molecule is Cc1cc(C)c(Cn2c(C)nc3ccccc32)c(C)c1. The highest BCUT2D eigenvalue weighted by Gasteiger charge is 2.10. The zero-order valence-electron chi connectivity index (χ0n) is 12.6. The Bertz CT molecular complexity index is 758. The van der Waals surface area contributed by atoms with E-state index in [9.17, 15) is 0 Å². The lowest BCUT2D eigenvalue weighted by Gasteiger charge is -2.14. The lowest BCUT2D eigenvalue weighted by Crippen LogP contribution is -2.05. The van der Waals surface area contributed by atoms with Crippen molar-refractivity contribution in [3.63, 3.8) is 0 Å². The lowest BCUT2D eigenvalue weighted by atomic mass is 10.00. The first-order valence-electron chi connectivity index (χ1n) is 7.05. The molecule has 2 nitrogen and oxygen atoms in total. The van der Waals surface area contributed by atoms with Crippen molar-refractivity contribution in [3.05, 3.63) is 64.5 Å². The maximum Gasteiger partial charge on any atom is 0.107 e. The molecular weight excluding hydrogens is 244 g/mol. The number of fused-ring (bicyclic) bond motifs is 1. The van der Waals surface area contributed by atoms with E-state index in [0.717, 1.165) is 17.9 Å². The molecule has 0 aliphatic carbocycles. The Labute approximate surface area is 120 Å². The van der Waals surface area contributed by atoms with Crippen molar-refractivity contribution in [2.24, 2.45) is 0 Å². The first kappa shape index (κ1) is 12.9. The zero-order valence-corrected chi connectivity index (χ0v) is 12.6. The van der Waals surface area contributed by atoms with Crippen LogP contribution in [0, 0.1) is 27.7 Å². The molecule has 0 spiro atoms. The molecule has 102 valence electrons. The number of imidazole rings is 1. The van der Waals surface area contributed by atoms with Gasteiger partial charge in [0.05, 0.1) is 11.0 Å². The molecule has 20 heavy (non-hydrogen) atoms. The van der Waals surface area contributed by atoms with Crippen LogP contribution in [0.2, 0.25) is 0 Å². The average Bonchev–Trinajstić information content (AvgIpc) is 2.69. The quantitative estimate of drug-likeness (QED) is 0.674. The molecule has 0 bridgehead atoms. The maximum absolute atomic E-state index is 4.65. The van der Waals surface area contributed by atoms with E-state index in [4.69, 9.17) is 0 Å². The van der Waals surface area contributed by atoms with Gasteiger partial charge < -0.3 is 4.57 Å². The molecule has 0 atom stereocenters. The van der Waals surface area contributed by atoms with Gasteiger partial charge in [0, 0.05) is 6.54 Å². The number of rotatable bonds is 2. The van der Waals surface area contributed by atoms with Crippen molar-refractivity contribution in [1.29, 1.82) is 0 Å². The minimum Gasteiger partial charge on any atom is -0.324 e. The maximum atomic E-state index is 4.65. The number of benzene rings is 2. The van der Waals surface area contributed by atoms with Crippen molar-refractivity contribution in [3.8, 4) is 0 Å². The molecule has 1 heterocycles. The number of aromatic nitrogens is 2. The minimum atomic E-state index is 0.893.